The molecule has 8 heteroatoms. The first-order chi connectivity index (χ1) is 11.7. The Hall–Kier alpha value is -1.33. The fraction of sp³-hybridized carbons (Fsp3) is 0.235. The molecule has 1 unspecified atom stereocenters. The fourth-order valence-electron chi connectivity index (χ4n) is 1.67. The first-order valence-corrected chi connectivity index (χ1v) is 8.84. The van der Waals surface area contributed by atoms with Gasteiger partial charge in [0.25, 0.3) is 0 Å². The van der Waals surface area contributed by atoms with Crippen LogP contribution in [-0.2, 0) is 9.53 Å². The van der Waals surface area contributed by atoms with Crippen LogP contribution in [0.5, 0.6) is 0 Å². The fourth-order valence-corrected chi connectivity index (χ4v) is 2.28. The van der Waals surface area contributed by atoms with E-state index in [4.69, 9.17) is 56.9 Å². The van der Waals surface area contributed by atoms with E-state index in [0.717, 1.165) is 5.69 Å². The molecular formula is C17H18Cl4N2O2. The molecule has 2 aromatic carbocycles. The Morgan fingerprint density at radius 1 is 1.04 bits per heavy atom. The topological polar surface area (TPSA) is 64.3 Å². The van der Waals surface area contributed by atoms with Gasteiger partial charge in [0.1, 0.15) is 6.04 Å². The Balaban J connectivity index is 0.000000293. The number of nitrogens with one attached hydrogen (secondary N) is 1. The quantitative estimate of drug-likeness (QED) is 0.472. The van der Waals surface area contributed by atoms with Gasteiger partial charge < -0.3 is 15.8 Å². The van der Waals surface area contributed by atoms with Crippen LogP contribution in [0.2, 0.25) is 20.1 Å². The molecule has 0 saturated carbocycles. The molecule has 0 fully saturated rings. The van der Waals surface area contributed by atoms with Crippen molar-refractivity contribution in [3.8, 4) is 0 Å². The zero-order valence-electron chi connectivity index (χ0n) is 13.7. The van der Waals surface area contributed by atoms with Crippen molar-refractivity contribution in [3.63, 3.8) is 0 Å². The van der Waals surface area contributed by atoms with Gasteiger partial charge in [-0.1, -0.05) is 46.4 Å². The normalized spacial score (nSPS) is 11.1. The summed E-state index contributed by atoms with van der Waals surface area (Å²) in [6.45, 7) is 3.86. The van der Waals surface area contributed by atoms with Crippen LogP contribution in [0.15, 0.2) is 36.4 Å². The Kier molecular flexibility index (Phi) is 9.22. The van der Waals surface area contributed by atoms with Gasteiger partial charge in [-0.25, -0.2) is 4.79 Å². The molecule has 0 bridgehead atoms. The zero-order chi connectivity index (χ0) is 19.0. The number of hydrogen-bond acceptors (Lipinski definition) is 4. The van der Waals surface area contributed by atoms with Crippen molar-refractivity contribution < 1.29 is 9.53 Å². The van der Waals surface area contributed by atoms with Gasteiger partial charge in [0.2, 0.25) is 0 Å². The van der Waals surface area contributed by atoms with Gasteiger partial charge in [-0.2, -0.15) is 0 Å². The number of anilines is 2. The number of hydrogen-bond donors (Lipinski definition) is 2. The number of rotatable bonds is 4. The molecular weight excluding hydrogens is 406 g/mol. The van der Waals surface area contributed by atoms with Crippen molar-refractivity contribution in [2.45, 2.75) is 19.9 Å². The second-order valence-electron chi connectivity index (χ2n) is 4.92. The molecule has 136 valence electrons. The van der Waals surface area contributed by atoms with Crippen molar-refractivity contribution in [2.24, 2.45) is 0 Å². The second kappa shape index (κ2) is 10.6. The molecule has 0 aliphatic heterocycles. The molecule has 25 heavy (non-hydrogen) atoms. The van der Waals surface area contributed by atoms with Crippen LogP contribution in [0, 0.1) is 0 Å². The lowest BCUT2D eigenvalue weighted by Crippen LogP contribution is -2.28. The van der Waals surface area contributed by atoms with Gasteiger partial charge in [0, 0.05) is 11.4 Å². The first-order valence-electron chi connectivity index (χ1n) is 7.33. The van der Waals surface area contributed by atoms with E-state index in [2.05, 4.69) is 5.32 Å². The average Bonchev–Trinajstić information content (AvgIpc) is 2.55. The highest BCUT2D eigenvalue weighted by atomic mass is 35.5. The number of esters is 1. The highest BCUT2D eigenvalue weighted by molar-refractivity contribution is 6.42. The zero-order valence-corrected chi connectivity index (χ0v) is 16.7. The number of nitrogens with two attached hydrogens (primary N) is 1. The molecule has 2 aromatic rings. The van der Waals surface area contributed by atoms with E-state index in [-0.39, 0.29) is 5.97 Å². The molecule has 2 rings (SSSR count). The third-order valence-corrected chi connectivity index (χ3v) is 4.36. The summed E-state index contributed by atoms with van der Waals surface area (Å²) in [6, 6.07) is 9.66. The number of nitrogen functional groups attached to an aromatic ring is 1. The maximum atomic E-state index is 11.4. The van der Waals surface area contributed by atoms with E-state index < -0.39 is 6.04 Å². The van der Waals surface area contributed by atoms with Crippen molar-refractivity contribution in [1.29, 1.82) is 0 Å². The Morgan fingerprint density at radius 2 is 1.60 bits per heavy atom. The summed E-state index contributed by atoms with van der Waals surface area (Å²) in [5.74, 6) is -0.298. The van der Waals surface area contributed by atoms with Gasteiger partial charge in [-0.05, 0) is 50.2 Å². The predicted molar refractivity (Wildman–Crippen MR) is 107 cm³/mol. The summed E-state index contributed by atoms with van der Waals surface area (Å²) in [5.41, 5.74) is 6.74. The van der Waals surface area contributed by atoms with Gasteiger partial charge in [-0.15, -0.1) is 0 Å². The summed E-state index contributed by atoms with van der Waals surface area (Å²) in [6.07, 6.45) is 0. The minimum absolute atomic E-state index is 0.298. The van der Waals surface area contributed by atoms with Crippen molar-refractivity contribution in [3.05, 3.63) is 56.5 Å². The Labute approximate surface area is 167 Å². The molecule has 0 aliphatic carbocycles. The predicted octanol–water partition coefficient (Wildman–Crippen LogP) is 5.93. The van der Waals surface area contributed by atoms with Crippen LogP contribution in [0.3, 0.4) is 0 Å². The monoisotopic (exact) mass is 422 g/mol. The molecule has 0 amide bonds. The molecule has 4 nitrogen and oxygen atoms in total. The summed E-state index contributed by atoms with van der Waals surface area (Å²) < 4.78 is 4.87. The number of halogens is 4. The molecule has 0 aliphatic rings. The largest absolute Gasteiger partial charge is 0.464 e. The first kappa shape index (κ1) is 21.7. The van der Waals surface area contributed by atoms with Crippen LogP contribution in [0.25, 0.3) is 0 Å². The maximum Gasteiger partial charge on any atom is 0.328 e. The number of benzene rings is 2. The molecule has 0 heterocycles. The van der Waals surface area contributed by atoms with Crippen LogP contribution in [-0.4, -0.2) is 18.6 Å². The van der Waals surface area contributed by atoms with Crippen molar-refractivity contribution in [2.75, 3.05) is 17.7 Å². The van der Waals surface area contributed by atoms with Gasteiger partial charge >= 0.3 is 5.97 Å². The molecule has 0 spiro atoms. The smallest absolute Gasteiger partial charge is 0.328 e. The minimum atomic E-state index is -0.419. The van der Waals surface area contributed by atoms with Crippen LogP contribution in [0.4, 0.5) is 11.4 Å². The highest BCUT2D eigenvalue weighted by Gasteiger charge is 2.13. The van der Waals surface area contributed by atoms with Crippen LogP contribution >= 0.6 is 46.4 Å². The van der Waals surface area contributed by atoms with Gasteiger partial charge in [-0.3, -0.25) is 0 Å². The second-order valence-corrected chi connectivity index (χ2v) is 6.55. The van der Waals surface area contributed by atoms with Crippen LogP contribution in [0.1, 0.15) is 13.8 Å². The van der Waals surface area contributed by atoms with E-state index in [1.54, 1.807) is 50.2 Å². The standard InChI is InChI=1S/C11H13Cl2NO2.C6H5Cl2N/c1-3-16-11(15)7(2)14-8-4-5-9(12)10(13)6-8;7-5-2-1-4(9)3-6(5)8/h4-7,14H,3H2,1-2H3;1-3H,9H2. The summed E-state index contributed by atoms with van der Waals surface area (Å²) in [7, 11) is 0. The van der Waals surface area contributed by atoms with Crippen LogP contribution < -0.4 is 11.1 Å². The minimum Gasteiger partial charge on any atom is -0.464 e. The van der Waals surface area contributed by atoms with Crippen molar-refractivity contribution in [1.82, 2.24) is 0 Å². The Morgan fingerprint density at radius 3 is 2.08 bits per heavy atom. The highest BCUT2D eigenvalue weighted by Crippen LogP contribution is 2.25. The summed E-state index contributed by atoms with van der Waals surface area (Å²) in [4.78, 5) is 11.4. The van der Waals surface area contributed by atoms with Crippen molar-refractivity contribution >= 4 is 63.7 Å². The summed E-state index contributed by atoms with van der Waals surface area (Å²) >= 11 is 22.8. The van der Waals surface area contributed by atoms with Gasteiger partial charge in [0.05, 0.1) is 26.7 Å². The third-order valence-electron chi connectivity index (χ3n) is 2.89. The number of ether oxygens (including phenoxy) is 1. The lowest BCUT2D eigenvalue weighted by molar-refractivity contribution is -0.143. The lowest BCUT2D eigenvalue weighted by Gasteiger charge is -2.14. The molecule has 0 radical (unpaired) electrons. The van der Waals surface area contributed by atoms with Gasteiger partial charge in [0.15, 0.2) is 0 Å². The van der Waals surface area contributed by atoms with E-state index in [1.165, 1.54) is 0 Å². The SMILES string of the molecule is CCOC(=O)C(C)Nc1ccc(Cl)c(Cl)c1.Nc1ccc(Cl)c(Cl)c1. The molecule has 1 atom stereocenters. The van der Waals surface area contributed by atoms with E-state index >= 15 is 0 Å². The van der Waals surface area contributed by atoms with E-state index in [0.29, 0.717) is 32.4 Å². The third kappa shape index (κ3) is 7.61. The molecule has 0 saturated heterocycles. The van der Waals surface area contributed by atoms with E-state index in [1.807, 2.05) is 0 Å². The van der Waals surface area contributed by atoms with E-state index in [9.17, 15) is 4.79 Å². The number of carbonyl (C=O) groups excluding carboxylic acids is 1. The molecule has 3 N–H and O–H groups in total. The summed E-state index contributed by atoms with van der Waals surface area (Å²) in [5, 5.41) is 4.94. The number of carbonyl (C=O) groups is 1. The molecule has 0 aromatic heterocycles. The maximum absolute atomic E-state index is 11.4. The average molecular weight is 424 g/mol. The Bertz CT molecular complexity index is 726. The lowest BCUT2D eigenvalue weighted by atomic mass is 10.2.